The number of nitrogens with two attached hydrogens (primary N) is 1. The van der Waals surface area contributed by atoms with E-state index in [1.807, 2.05) is 13.8 Å². The van der Waals surface area contributed by atoms with Gasteiger partial charge in [0.2, 0.25) is 0 Å². The molecule has 0 saturated heterocycles. The molecule has 1 aromatic rings. The van der Waals surface area contributed by atoms with E-state index in [0.29, 0.717) is 25.3 Å². The van der Waals surface area contributed by atoms with Crippen molar-refractivity contribution < 1.29 is 13.5 Å². The van der Waals surface area contributed by atoms with Gasteiger partial charge in [0.1, 0.15) is 11.6 Å². The van der Waals surface area contributed by atoms with Crippen LogP contribution in [0.15, 0.2) is 18.2 Å². The fourth-order valence-corrected chi connectivity index (χ4v) is 2.20. The van der Waals surface area contributed by atoms with E-state index in [4.69, 9.17) is 10.5 Å². The average Bonchev–Trinajstić information content (AvgIpc) is 2.32. The molecule has 0 aromatic heterocycles. The third kappa shape index (κ3) is 4.53. The molecular formula is C14H22F2N2O. The average molecular weight is 272 g/mol. The van der Waals surface area contributed by atoms with Crippen LogP contribution in [0.5, 0.6) is 0 Å². The molecule has 0 fully saturated rings. The molecule has 0 aliphatic heterocycles. The molecular weight excluding hydrogens is 250 g/mol. The summed E-state index contributed by atoms with van der Waals surface area (Å²) < 4.78 is 31.7. The Balaban J connectivity index is 3.01. The third-order valence-electron chi connectivity index (χ3n) is 3.11. The predicted molar refractivity (Wildman–Crippen MR) is 71.9 cm³/mol. The molecule has 5 heteroatoms. The topological polar surface area (TPSA) is 38.5 Å². The highest BCUT2D eigenvalue weighted by Crippen LogP contribution is 2.23. The van der Waals surface area contributed by atoms with Crippen LogP contribution in [0.1, 0.15) is 25.5 Å². The number of methoxy groups -OCH3 is 1. The minimum atomic E-state index is -0.580. The van der Waals surface area contributed by atoms with Crippen molar-refractivity contribution in [1.82, 2.24) is 4.90 Å². The molecule has 0 aliphatic rings. The Morgan fingerprint density at radius 2 is 1.79 bits per heavy atom. The van der Waals surface area contributed by atoms with Crippen LogP contribution >= 0.6 is 0 Å². The number of ether oxygens (including phenoxy) is 1. The predicted octanol–water partition coefficient (Wildman–Crippen LogP) is 2.32. The Morgan fingerprint density at radius 1 is 1.21 bits per heavy atom. The first-order valence-corrected chi connectivity index (χ1v) is 6.40. The number of hydrogen-bond acceptors (Lipinski definition) is 3. The van der Waals surface area contributed by atoms with Crippen LogP contribution in [-0.4, -0.2) is 37.7 Å². The molecule has 3 nitrogen and oxygen atoms in total. The fourth-order valence-electron chi connectivity index (χ4n) is 2.20. The van der Waals surface area contributed by atoms with E-state index in [2.05, 4.69) is 4.90 Å². The van der Waals surface area contributed by atoms with Crippen molar-refractivity contribution in [2.75, 3.05) is 26.8 Å². The summed E-state index contributed by atoms with van der Waals surface area (Å²) in [5.41, 5.74) is 6.35. The number of nitrogens with zero attached hydrogens (tertiary/aromatic N) is 1. The highest BCUT2D eigenvalue weighted by molar-refractivity contribution is 5.22. The highest BCUT2D eigenvalue weighted by atomic mass is 19.1. The number of hydrogen-bond donors (Lipinski definition) is 1. The first kappa shape index (κ1) is 16.0. The van der Waals surface area contributed by atoms with E-state index < -0.39 is 11.6 Å². The van der Waals surface area contributed by atoms with Crippen LogP contribution in [0.25, 0.3) is 0 Å². The lowest BCUT2D eigenvalue weighted by molar-refractivity contribution is 0.0977. The van der Waals surface area contributed by atoms with Crippen molar-refractivity contribution in [2.24, 2.45) is 5.73 Å². The first-order chi connectivity index (χ1) is 8.99. The minimum Gasteiger partial charge on any atom is -0.383 e. The van der Waals surface area contributed by atoms with Crippen molar-refractivity contribution in [3.8, 4) is 0 Å². The Bertz CT molecular complexity index is 379. The summed E-state index contributed by atoms with van der Waals surface area (Å²) in [5.74, 6) is -1.16. The molecule has 0 spiro atoms. The van der Waals surface area contributed by atoms with Gasteiger partial charge in [-0.3, -0.25) is 4.90 Å². The lowest BCUT2D eigenvalue weighted by Crippen LogP contribution is -2.40. The van der Waals surface area contributed by atoms with Gasteiger partial charge >= 0.3 is 0 Å². The molecule has 1 atom stereocenters. The van der Waals surface area contributed by atoms with E-state index in [1.165, 1.54) is 12.1 Å². The summed E-state index contributed by atoms with van der Waals surface area (Å²) in [7, 11) is 1.62. The van der Waals surface area contributed by atoms with Crippen LogP contribution < -0.4 is 5.73 Å². The molecule has 19 heavy (non-hydrogen) atoms. The molecule has 2 N–H and O–H groups in total. The van der Waals surface area contributed by atoms with Gasteiger partial charge in [-0.25, -0.2) is 8.78 Å². The van der Waals surface area contributed by atoms with Crippen LogP contribution in [0.4, 0.5) is 8.78 Å². The summed E-state index contributed by atoms with van der Waals surface area (Å²) in [6, 6.07) is 3.52. The second kappa shape index (κ2) is 7.53. The van der Waals surface area contributed by atoms with Gasteiger partial charge in [-0.05, 0) is 31.5 Å². The quantitative estimate of drug-likeness (QED) is 0.828. The Kier molecular flexibility index (Phi) is 6.34. The fraction of sp³-hybridized carbons (Fsp3) is 0.571. The van der Waals surface area contributed by atoms with Crippen molar-refractivity contribution in [3.05, 3.63) is 35.4 Å². The zero-order chi connectivity index (χ0) is 14.4. The van der Waals surface area contributed by atoms with E-state index in [0.717, 1.165) is 6.07 Å². The van der Waals surface area contributed by atoms with Crippen molar-refractivity contribution in [2.45, 2.75) is 25.9 Å². The second-order valence-electron chi connectivity index (χ2n) is 4.78. The first-order valence-electron chi connectivity index (χ1n) is 6.40. The normalized spacial score (nSPS) is 13.3. The van der Waals surface area contributed by atoms with E-state index in [-0.39, 0.29) is 12.1 Å². The van der Waals surface area contributed by atoms with E-state index >= 15 is 0 Å². The zero-order valence-electron chi connectivity index (χ0n) is 11.7. The molecule has 0 radical (unpaired) electrons. The zero-order valence-corrected chi connectivity index (χ0v) is 11.7. The maximum absolute atomic E-state index is 13.3. The molecule has 0 aliphatic carbocycles. The van der Waals surface area contributed by atoms with Gasteiger partial charge in [0.25, 0.3) is 0 Å². The number of benzene rings is 1. The summed E-state index contributed by atoms with van der Waals surface area (Å²) in [6.45, 7) is 5.55. The lowest BCUT2D eigenvalue weighted by atomic mass is 10.0. The van der Waals surface area contributed by atoms with Crippen LogP contribution in [0.2, 0.25) is 0 Å². The Labute approximate surface area is 113 Å². The third-order valence-corrected chi connectivity index (χ3v) is 3.11. The summed E-state index contributed by atoms with van der Waals surface area (Å²) in [5, 5.41) is 0. The second-order valence-corrected chi connectivity index (χ2v) is 4.78. The van der Waals surface area contributed by atoms with Gasteiger partial charge in [0, 0.05) is 38.3 Å². The van der Waals surface area contributed by atoms with E-state index in [9.17, 15) is 8.78 Å². The maximum Gasteiger partial charge on any atom is 0.126 e. The van der Waals surface area contributed by atoms with Crippen molar-refractivity contribution in [3.63, 3.8) is 0 Å². The highest BCUT2D eigenvalue weighted by Gasteiger charge is 2.22. The Hall–Kier alpha value is -1.04. The molecule has 0 saturated carbocycles. The maximum atomic E-state index is 13.3. The number of rotatable bonds is 7. The molecule has 0 amide bonds. The van der Waals surface area contributed by atoms with Gasteiger partial charge in [0.15, 0.2) is 0 Å². The summed E-state index contributed by atoms with van der Waals surface area (Å²) in [4.78, 5) is 2.08. The van der Waals surface area contributed by atoms with Gasteiger partial charge in [-0.15, -0.1) is 0 Å². The molecule has 108 valence electrons. The largest absolute Gasteiger partial charge is 0.383 e. The van der Waals surface area contributed by atoms with Gasteiger partial charge in [-0.2, -0.15) is 0 Å². The lowest BCUT2D eigenvalue weighted by Gasteiger charge is -2.34. The minimum absolute atomic E-state index is 0.204. The van der Waals surface area contributed by atoms with Crippen molar-refractivity contribution >= 4 is 0 Å². The van der Waals surface area contributed by atoms with Crippen LogP contribution in [0, 0.1) is 11.6 Å². The number of halogens is 2. The summed E-state index contributed by atoms with van der Waals surface area (Å²) >= 11 is 0. The van der Waals surface area contributed by atoms with Crippen molar-refractivity contribution in [1.29, 1.82) is 0 Å². The molecule has 1 rings (SSSR count). The smallest absolute Gasteiger partial charge is 0.126 e. The molecule has 0 bridgehead atoms. The molecule has 1 unspecified atom stereocenters. The SMILES string of the molecule is COCCN(C(C)C)C(CN)c1cc(F)cc(F)c1. The van der Waals surface area contributed by atoms with E-state index in [1.54, 1.807) is 7.11 Å². The standard InChI is InChI=1S/C14H22F2N2O/c1-10(2)18(4-5-19-3)14(9-17)11-6-12(15)8-13(16)7-11/h6-8,10,14H,4-5,9,17H2,1-3H3. The Morgan fingerprint density at radius 3 is 2.21 bits per heavy atom. The van der Waals surface area contributed by atoms with Gasteiger partial charge in [0.05, 0.1) is 6.61 Å². The van der Waals surface area contributed by atoms with Gasteiger partial charge in [-0.1, -0.05) is 0 Å². The van der Waals surface area contributed by atoms with Crippen LogP contribution in [0.3, 0.4) is 0 Å². The molecule has 0 heterocycles. The molecule has 1 aromatic carbocycles. The van der Waals surface area contributed by atoms with Crippen LogP contribution in [-0.2, 0) is 4.74 Å². The monoisotopic (exact) mass is 272 g/mol. The summed E-state index contributed by atoms with van der Waals surface area (Å²) in [6.07, 6.45) is 0. The van der Waals surface area contributed by atoms with Gasteiger partial charge < -0.3 is 10.5 Å².